The third-order valence-corrected chi connectivity index (χ3v) is 4.88. The summed E-state index contributed by atoms with van der Waals surface area (Å²) in [5.41, 5.74) is 4.06. The van der Waals surface area contributed by atoms with Crippen LogP contribution in [0.1, 0.15) is 21.5 Å². The molecule has 6 heteroatoms. The number of benzene rings is 2. The molecule has 0 aliphatic carbocycles. The molecule has 0 saturated heterocycles. The monoisotopic (exact) mass is 410 g/mol. The SMILES string of the molecule is Br.Cc1ccc2sc(NCC(=O)c3ccc(Cl)cc3)nc2c1C. The van der Waals surface area contributed by atoms with Gasteiger partial charge in [-0.25, -0.2) is 4.98 Å². The Hall–Kier alpha value is -1.43. The molecule has 0 fully saturated rings. The first-order chi connectivity index (χ1) is 10.5. The van der Waals surface area contributed by atoms with E-state index in [4.69, 9.17) is 11.6 Å². The number of fused-ring (bicyclic) bond motifs is 1. The zero-order valence-electron chi connectivity index (χ0n) is 12.7. The second-order valence-corrected chi connectivity index (χ2v) is 6.62. The van der Waals surface area contributed by atoms with Crippen molar-refractivity contribution in [3.63, 3.8) is 0 Å². The Morgan fingerprint density at radius 3 is 2.57 bits per heavy atom. The predicted octanol–water partition coefficient (Wildman–Crippen LogP) is 5.44. The molecule has 0 amide bonds. The summed E-state index contributed by atoms with van der Waals surface area (Å²) in [5, 5.41) is 4.51. The van der Waals surface area contributed by atoms with Crippen molar-refractivity contribution in [2.45, 2.75) is 13.8 Å². The fraction of sp³-hybridized carbons (Fsp3) is 0.176. The number of halogens is 2. The third kappa shape index (κ3) is 3.91. The topological polar surface area (TPSA) is 42.0 Å². The van der Waals surface area contributed by atoms with Crippen LogP contribution < -0.4 is 5.32 Å². The van der Waals surface area contributed by atoms with Gasteiger partial charge in [-0.15, -0.1) is 17.0 Å². The molecule has 1 aromatic heterocycles. The molecule has 0 spiro atoms. The van der Waals surface area contributed by atoms with Crippen LogP contribution in [0.4, 0.5) is 5.13 Å². The van der Waals surface area contributed by atoms with Gasteiger partial charge in [0.1, 0.15) is 0 Å². The van der Waals surface area contributed by atoms with Crippen LogP contribution in [-0.2, 0) is 0 Å². The maximum Gasteiger partial charge on any atom is 0.184 e. The van der Waals surface area contributed by atoms with Gasteiger partial charge in [-0.05, 0) is 55.3 Å². The summed E-state index contributed by atoms with van der Waals surface area (Å²) >= 11 is 7.39. The van der Waals surface area contributed by atoms with Gasteiger partial charge in [0.05, 0.1) is 16.8 Å². The summed E-state index contributed by atoms with van der Waals surface area (Å²) in [4.78, 5) is 16.7. The molecule has 120 valence electrons. The fourth-order valence-corrected chi connectivity index (χ4v) is 3.24. The summed E-state index contributed by atoms with van der Waals surface area (Å²) in [6.07, 6.45) is 0. The highest BCUT2D eigenvalue weighted by atomic mass is 79.9. The van der Waals surface area contributed by atoms with Gasteiger partial charge in [0.25, 0.3) is 0 Å². The maximum absolute atomic E-state index is 12.1. The Morgan fingerprint density at radius 1 is 1.17 bits per heavy atom. The standard InChI is InChI=1S/C17H15ClN2OS.BrH/c1-10-3-8-15-16(11(10)2)20-17(22-15)19-9-14(21)12-4-6-13(18)7-5-12;/h3-8H,9H2,1-2H3,(H,19,20);1H. The van der Waals surface area contributed by atoms with Gasteiger partial charge in [-0.1, -0.05) is 29.0 Å². The number of anilines is 1. The molecule has 1 N–H and O–H groups in total. The molecular formula is C17H16BrClN2OS. The van der Waals surface area contributed by atoms with Crippen LogP contribution in [0.2, 0.25) is 5.02 Å². The molecule has 3 nitrogen and oxygen atoms in total. The number of nitrogens with one attached hydrogen (secondary N) is 1. The highest BCUT2D eigenvalue weighted by Gasteiger charge is 2.10. The Morgan fingerprint density at radius 2 is 1.87 bits per heavy atom. The molecule has 0 aliphatic heterocycles. The lowest BCUT2D eigenvalue weighted by molar-refractivity contribution is 0.101. The number of hydrogen-bond acceptors (Lipinski definition) is 4. The molecule has 23 heavy (non-hydrogen) atoms. The molecule has 0 atom stereocenters. The molecule has 3 aromatic rings. The normalized spacial score (nSPS) is 10.4. The van der Waals surface area contributed by atoms with E-state index in [9.17, 15) is 4.79 Å². The maximum atomic E-state index is 12.1. The van der Waals surface area contributed by atoms with E-state index >= 15 is 0 Å². The Labute approximate surface area is 154 Å². The fourth-order valence-electron chi connectivity index (χ4n) is 2.20. The molecule has 1 heterocycles. The van der Waals surface area contributed by atoms with Crippen molar-refractivity contribution in [2.24, 2.45) is 0 Å². The lowest BCUT2D eigenvalue weighted by Crippen LogP contribution is -2.13. The lowest BCUT2D eigenvalue weighted by Gasteiger charge is -2.02. The van der Waals surface area contributed by atoms with Crippen LogP contribution in [0.15, 0.2) is 36.4 Å². The largest absolute Gasteiger partial charge is 0.354 e. The van der Waals surface area contributed by atoms with Gasteiger partial charge in [-0.3, -0.25) is 4.79 Å². The van der Waals surface area contributed by atoms with Crippen LogP contribution in [0.5, 0.6) is 0 Å². The number of ketones is 1. The van der Waals surface area contributed by atoms with Crippen LogP contribution in [0.25, 0.3) is 10.2 Å². The molecule has 0 bridgehead atoms. The Balaban J connectivity index is 0.00000192. The first kappa shape index (κ1) is 17.9. The van der Waals surface area contributed by atoms with Crippen LogP contribution in [0.3, 0.4) is 0 Å². The van der Waals surface area contributed by atoms with Gasteiger partial charge in [-0.2, -0.15) is 0 Å². The summed E-state index contributed by atoms with van der Waals surface area (Å²) in [6.45, 7) is 4.37. The summed E-state index contributed by atoms with van der Waals surface area (Å²) in [7, 11) is 0. The van der Waals surface area contributed by atoms with E-state index in [2.05, 4.69) is 36.3 Å². The van der Waals surface area contributed by atoms with Crippen molar-refractivity contribution in [3.05, 3.63) is 58.1 Å². The highest BCUT2D eigenvalue weighted by Crippen LogP contribution is 2.29. The number of thiazole rings is 1. The summed E-state index contributed by atoms with van der Waals surface area (Å²) in [5.74, 6) is 0.0174. The lowest BCUT2D eigenvalue weighted by atomic mass is 10.1. The molecule has 0 saturated carbocycles. The number of carbonyl (C=O) groups is 1. The molecule has 0 aliphatic rings. The van der Waals surface area contributed by atoms with Crippen molar-refractivity contribution >= 4 is 61.1 Å². The third-order valence-electron chi connectivity index (χ3n) is 3.65. The minimum Gasteiger partial charge on any atom is -0.354 e. The average molecular weight is 412 g/mol. The van der Waals surface area contributed by atoms with Crippen LogP contribution in [-0.4, -0.2) is 17.3 Å². The van der Waals surface area contributed by atoms with Crippen molar-refractivity contribution in [3.8, 4) is 0 Å². The quantitative estimate of drug-likeness (QED) is 0.581. The Bertz CT molecular complexity index is 846. The van der Waals surface area contributed by atoms with Gasteiger partial charge < -0.3 is 5.32 Å². The number of aryl methyl sites for hydroxylation is 2. The average Bonchev–Trinajstić information content (AvgIpc) is 2.93. The van der Waals surface area contributed by atoms with Crippen molar-refractivity contribution in [2.75, 3.05) is 11.9 Å². The van der Waals surface area contributed by atoms with Crippen molar-refractivity contribution in [1.82, 2.24) is 4.98 Å². The molecule has 3 rings (SSSR count). The van der Waals surface area contributed by atoms with E-state index in [1.807, 2.05) is 0 Å². The summed E-state index contributed by atoms with van der Waals surface area (Å²) < 4.78 is 1.13. The minimum absolute atomic E-state index is 0. The Kier molecular flexibility index (Phi) is 5.79. The number of carbonyl (C=O) groups excluding carboxylic acids is 1. The molecular weight excluding hydrogens is 396 g/mol. The van der Waals surface area contributed by atoms with Gasteiger partial charge in [0.15, 0.2) is 10.9 Å². The van der Waals surface area contributed by atoms with Gasteiger partial charge in [0.2, 0.25) is 0 Å². The predicted molar refractivity (Wildman–Crippen MR) is 104 cm³/mol. The first-order valence-corrected chi connectivity index (χ1v) is 8.13. The molecule has 0 unspecified atom stereocenters. The van der Waals surface area contributed by atoms with Crippen LogP contribution in [0, 0.1) is 13.8 Å². The summed E-state index contributed by atoms with van der Waals surface area (Å²) in [6, 6.07) is 11.1. The molecule has 2 aromatic carbocycles. The number of nitrogens with zero attached hydrogens (tertiary/aromatic N) is 1. The van der Waals surface area contributed by atoms with E-state index in [1.165, 1.54) is 11.1 Å². The van der Waals surface area contributed by atoms with Crippen molar-refractivity contribution in [1.29, 1.82) is 0 Å². The van der Waals surface area contributed by atoms with Gasteiger partial charge >= 0.3 is 0 Å². The second-order valence-electron chi connectivity index (χ2n) is 5.16. The van der Waals surface area contributed by atoms with E-state index in [0.29, 0.717) is 10.6 Å². The highest BCUT2D eigenvalue weighted by molar-refractivity contribution is 8.93. The van der Waals surface area contributed by atoms with E-state index in [1.54, 1.807) is 35.6 Å². The number of aromatic nitrogens is 1. The minimum atomic E-state index is 0. The zero-order chi connectivity index (χ0) is 15.7. The first-order valence-electron chi connectivity index (χ1n) is 6.94. The number of rotatable bonds is 4. The van der Waals surface area contributed by atoms with E-state index in [-0.39, 0.29) is 29.3 Å². The van der Waals surface area contributed by atoms with Crippen LogP contribution >= 0.6 is 39.9 Å². The zero-order valence-corrected chi connectivity index (χ0v) is 16.0. The van der Waals surface area contributed by atoms with E-state index < -0.39 is 0 Å². The van der Waals surface area contributed by atoms with Crippen molar-refractivity contribution < 1.29 is 4.79 Å². The second kappa shape index (κ2) is 7.43. The van der Waals surface area contributed by atoms with Gasteiger partial charge in [0, 0.05) is 10.6 Å². The molecule has 0 radical (unpaired) electrons. The number of hydrogen-bond donors (Lipinski definition) is 1. The van der Waals surface area contributed by atoms with E-state index in [0.717, 1.165) is 15.3 Å². The number of Topliss-reactive ketones (excluding diaryl/α,β-unsaturated/α-hetero) is 1. The smallest absolute Gasteiger partial charge is 0.184 e.